The lowest BCUT2D eigenvalue weighted by Crippen LogP contribution is -2.34. The summed E-state index contributed by atoms with van der Waals surface area (Å²) >= 11 is 0. The number of likely N-dealkylation sites (tertiary alicyclic amines) is 1. The molecule has 3 rings (SSSR count). The van der Waals surface area contributed by atoms with Crippen molar-refractivity contribution in [2.24, 2.45) is 0 Å². The van der Waals surface area contributed by atoms with Crippen LogP contribution in [0.2, 0.25) is 0 Å². The molecule has 1 aromatic rings. The fraction of sp³-hybridized carbons (Fsp3) is 0.786. The number of aromatic nitrogens is 2. The number of aryl methyl sites for hydroxylation is 1. The van der Waals surface area contributed by atoms with Crippen molar-refractivity contribution in [2.45, 2.75) is 57.4 Å². The van der Waals surface area contributed by atoms with Crippen molar-refractivity contribution in [1.82, 2.24) is 14.9 Å². The lowest BCUT2D eigenvalue weighted by atomic mass is 9.94. The predicted molar refractivity (Wildman–Crippen MR) is 69.1 cm³/mol. The zero-order chi connectivity index (χ0) is 11.7. The summed E-state index contributed by atoms with van der Waals surface area (Å²) in [4.78, 5) is 10.6. The van der Waals surface area contributed by atoms with E-state index in [0.29, 0.717) is 5.92 Å². The fourth-order valence-electron chi connectivity index (χ4n) is 3.43. The summed E-state index contributed by atoms with van der Waals surface area (Å²) in [5, 5.41) is 0. The van der Waals surface area contributed by atoms with Gasteiger partial charge in [0.05, 0.1) is 0 Å². The topological polar surface area (TPSA) is 31.9 Å². The van der Waals surface area contributed by atoms with E-state index in [9.17, 15) is 0 Å². The summed E-state index contributed by atoms with van der Waals surface area (Å²) in [5.41, 5.74) is 1.19. The number of rotatable bonds is 2. The zero-order valence-corrected chi connectivity index (χ0v) is 10.8. The second kappa shape index (κ2) is 4.81. The maximum atomic E-state index is 4.50. The maximum Gasteiger partial charge on any atom is 0.110 e. The fourth-order valence-corrected chi connectivity index (χ4v) is 3.43. The second-order valence-corrected chi connectivity index (χ2v) is 5.72. The number of imidazole rings is 1. The molecular formula is C14H23N3. The Balaban J connectivity index is 1.61. The van der Waals surface area contributed by atoms with Crippen LogP contribution in [0, 0.1) is 6.92 Å². The molecule has 3 heteroatoms. The molecule has 0 radical (unpaired) electrons. The van der Waals surface area contributed by atoms with Gasteiger partial charge >= 0.3 is 0 Å². The van der Waals surface area contributed by atoms with Crippen LogP contribution in [0.15, 0.2) is 6.20 Å². The largest absolute Gasteiger partial charge is 0.346 e. The van der Waals surface area contributed by atoms with Crippen molar-refractivity contribution >= 4 is 0 Å². The molecule has 2 aliphatic rings. The number of hydrogen-bond donors (Lipinski definition) is 1. The van der Waals surface area contributed by atoms with Gasteiger partial charge in [-0.15, -0.1) is 0 Å². The smallest absolute Gasteiger partial charge is 0.110 e. The second-order valence-electron chi connectivity index (χ2n) is 5.72. The monoisotopic (exact) mass is 233 g/mol. The number of H-pyrrole nitrogens is 1. The highest BCUT2D eigenvalue weighted by Crippen LogP contribution is 2.31. The van der Waals surface area contributed by atoms with Crippen LogP contribution >= 0.6 is 0 Å². The molecule has 1 aliphatic carbocycles. The summed E-state index contributed by atoms with van der Waals surface area (Å²) < 4.78 is 0. The summed E-state index contributed by atoms with van der Waals surface area (Å²) in [5.74, 6) is 1.85. The van der Waals surface area contributed by atoms with Crippen LogP contribution in [-0.2, 0) is 0 Å². The Bertz CT molecular complexity index is 365. The normalized spacial score (nSPS) is 27.7. The van der Waals surface area contributed by atoms with Crippen LogP contribution in [-0.4, -0.2) is 34.0 Å². The zero-order valence-electron chi connectivity index (χ0n) is 10.8. The Morgan fingerprint density at radius 1 is 1.24 bits per heavy atom. The summed E-state index contributed by atoms with van der Waals surface area (Å²) in [6.07, 6.45) is 10.4. The van der Waals surface area contributed by atoms with E-state index in [2.05, 4.69) is 21.8 Å². The molecule has 1 aliphatic heterocycles. The van der Waals surface area contributed by atoms with Gasteiger partial charge in [-0.3, -0.25) is 4.90 Å². The van der Waals surface area contributed by atoms with Gasteiger partial charge in [-0.2, -0.15) is 0 Å². The minimum Gasteiger partial charge on any atom is -0.346 e. The van der Waals surface area contributed by atoms with Crippen LogP contribution in [0.3, 0.4) is 0 Å². The first-order chi connectivity index (χ1) is 8.33. The van der Waals surface area contributed by atoms with E-state index in [1.54, 1.807) is 0 Å². The van der Waals surface area contributed by atoms with Crippen LogP contribution in [0.1, 0.15) is 56.0 Å². The Labute approximate surface area is 104 Å². The molecule has 2 heterocycles. The van der Waals surface area contributed by atoms with E-state index in [1.165, 1.54) is 63.1 Å². The number of hydrogen-bond acceptors (Lipinski definition) is 2. The summed E-state index contributed by atoms with van der Waals surface area (Å²) in [6, 6.07) is 0.866. The van der Waals surface area contributed by atoms with Crippen molar-refractivity contribution in [3.8, 4) is 0 Å². The maximum absolute atomic E-state index is 4.50. The number of nitrogens with one attached hydrogen (secondary N) is 1. The minimum absolute atomic E-state index is 0.644. The van der Waals surface area contributed by atoms with Crippen molar-refractivity contribution in [3.05, 3.63) is 17.7 Å². The number of nitrogens with zero attached hydrogens (tertiary/aromatic N) is 2. The van der Waals surface area contributed by atoms with E-state index < -0.39 is 0 Å². The van der Waals surface area contributed by atoms with E-state index in [-0.39, 0.29) is 0 Å². The molecule has 1 saturated carbocycles. The lowest BCUT2D eigenvalue weighted by Gasteiger charge is -2.30. The van der Waals surface area contributed by atoms with Crippen molar-refractivity contribution in [3.63, 3.8) is 0 Å². The molecule has 1 N–H and O–H groups in total. The average Bonchev–Trinajstić information content (AvgIpc) is 2.98. The third kappa shape index (κ3) is 2.39. The van der Waals surface area contributed by atoms with Gasteiger partial charge in [0.1, 0.15) is 5.82 Å². The average molecular weight is 233 g/mol. The molecule has 1 saturated heterocycles. The Kier molecular flexibility index (Phi) is 3.19. The van der Waals surface area contributed by atoms with Crippen LogP contribution in [0.5, 0.6) is 0 Å². The first kappa shape index (κ1) is 11.3. The summed E-state index contributed by atoms with van der Waals surface area (Å²) in [6.45, 7) is 4.58. The van der Waals surface area contributed by atoms with Gasteiger partial charge in [-0.1, -0.05) is 19.3 Å². The molecule has 1 unspecified atom stereocenters. The SMILES string of the molecule is Cc1cnc(C2CCN(C3CCCCC3)C2)[nH]1. The van der Waals surface area contributed by atoms with Gasteiger partial charge in [0.25, 0.3) is 0 Å². The van der Waals surface area contributed by atoms with Gasteiger partial charge in [-0.05, 0) is 32.7 Å². The highest BCUT2D eigenvalue weighted by atomic mass is 15.2. The molecule has 1 aromatic heterocycles. The van der Waals surface area contributed by atoms with Gasteiger partial charge < -0.3 is 4.98 Å². The molecule has 0 bridgehead atoms. The molecule has 94 valence electrons. The Morgan fingerprint density at radius 2 is 2.06 bits per heavy atom. The van der Waals surface area contributed by atoms with E-state index >= 15 is 0 Å². The van der Waals surface area contributed by atoms with Gasteiger partial charge in [-0.25, -0.2) is 4.98 Å². The van der Waals surface area contributed by atoms with Crippen molar-refractivity contribution in [1.29, 1.82) is 0 Å². The summed E-state index contributed by atoms with van der Waals surface area (Å²) in [7, 11) is 0. The quantitative estimate of drug-likeness (QED) is 0.851. The van der Waals surface area contributed by atoms with Crippen LogP contribution < -0.4 is 0 Å². The molecule has 17 heavy (non-hydrogen) atoms. The van der Waals surface area contributed by atoms with Crippen molar-refractivity contribution < 1.29 is 0 Å². The molecule has 0 spiro atoms. The van der Waals surface area contributed by atoms with Gasteiger partial charge in [0, 0.05) is 30.4 Å². The molecule has 2 fully saturated rings. The minimum atomic E-state index is 0.644. The first-order valence-electron chi connectivity index (χ1n) is 7.08. The molecule has 0 aromatic carbocycles. The van der Waals surface area contributed by atoms with E-state index in [0.717, 1.165) is 6.04 Å². The molecule has 0 amide bonds. The van der Waals surface area contributed by atoms with E-state index in [4.69, 9.17) is 0 Å². The third-order valence-corrected chi connectivity index (χ3v) is 4.42. The first-order valence-corrected chi connectivity index (χ1v) is 7.08. The Morgan fingerprint density at radius 3 is 2.76 bits per heavy atom. The lowest BCUT2D eigenvalue weighted by molar-refractivity contribution is 0.189. The van der Waals surface area contributed by atoms with Crippen LogP contribution in [0.25, 0.3) is 0 Å². The third-order valence-electron chi connectivity index (χ3n) is 4.42. The highest BCUT2D eigenvalue weighted by Gasteiger charge is 2.30. The molecular weight excluding hydrogens is 210 g/mol. The highest BCUT2D eigenvalue weighted by molar-refractivity contribution is 5.07. The van der Waals surface area contributed by atoms with Crippen molar-refractivity contribution in [2.75, 3.05) is 13.1 Å². The standard InChI is InChI=1S/C14H23N3/c1-11-9-15-14(16-11)12-7-8-17(10-12)13-5-3-2-4-6-13/h9,12-13H,2-8,10H2,1H3,(H,15,16). The Hall–Kier alpha value is -0.830. The van der Waals surface area contributed by atoms with E-state index in [1.807, 2.05) is 6.20 Å². The van der Waals surface area contributed by atoms with Gasteiger partial charge in [0.2, 0.25) is 0 Å². The predicted octanol–water partition coefficient (Wildman–Crippen LogP) is 2.84. The van der Waals surface area contributed by atoms with Gasteiger partial charge in [0.15, 0.2) is 0 Å². The molecule has 3 nitrogen and oxygen atoms in total. The number of aromatic amines is 1. The molecule has 1 atom stereocenters. The van der Waals surface area contributed by atoms with Crippen LogP contribution in [0.4, 0.5) is 0 Å².